The molecule has 0 bridgehead atoms. The van der Waals surface area contributed by atoms with Crippen LogP contribution < -0.4 is 0 Å². The average molecular weight is 291 g/mol. The molecule has 0 heterocycles. The predicted molar refractivity (Wildman–Crippen MR) is 22.1 cm³/mol. The maximum absolute atomic E-state index is 0. The van der Waals surface area contributed by atoms with Crippen LogP contribution in [0.25, 0.3) is 0 Å². The molecule has 0 aromatic rings. The Kier molecular flexibility index (Phi) is 182. The van der Waals surface area contributed by atoms with E-state index in [-0.39, 0.29) is 74.4 Å². The molecule has 0 saturated carbocycles. The van der Waals surface area contributed by atoms with Crippen molar-refractivity contribution in [1.82, 2.24) is 0 Å². The van der Waals surface area contributed by atoms with Gasteiger partial charge in [-0.15, -0.1) is 0 Å². The van der Waals surface area contributed by atoms with Gasteiger partial charge in [0.1, 0.15) is 0 Å². The van der Waals surface area contributed by atoms with Gasteiger partial charge >= 0.3 is 65.0 Å². The maximum atomic E-state index is 0. The zero-order chi connectivity index (χ0) is 0. The van der Waals surface area contributed by atoms with Gasteiger partial charge < -0.3 is 0 Å². The average Bonchev–Trinajstić information content (AvgIpc) is 0. The van der Waals surface area contributed by atoms with Gasteiger partial charge in [0.25, 0.3) is 0 Å². The van der Waals surface area contributed by atoms with Gasteiger partial charge in [0, 0.05) is 0 Å². The summed E-state index contributed by atoms with van der Waals surface area (Å²) in [5, 5.41) is 0. The second-order valence-corrected chi connectivity index (χ2v) is 0. The van der Waals surface area contributed by atoms with Crippen molar-refractivity contribution in [2.45, 2.75) is 0 Å². The van der Waals surface area contributed by atoms with Crippen molar-refractivity contribution < 1.29 is 9.41 Å². The summed E-state index contributed by atoms with van der Waals surface area (Å²) in [4.78, 5) is 0. The summed E-state index contributed by atoms with van der Waals surface area (Å²) in [6.45, 7) is 0. The van der Waals surface area contributed by atoms with Crippen LogP contribution in [0.5, 0.6) is 0 Å². The summed E-state index contributed by atoms with van der Waals surface area (Å²) in [7, 11) is 0. The van der Waals surface area contributed by atoms with Gasteiger partial charge in [0.2, 0.25) is 0 Å². The summed E-state index contributed by atoms with van der Waals surface area (Å²) in [6.07, 6.45) is 0. The van der Waals surface area contributed by atoms with Gasteiger partial charge in [-0.25, -0.2) is 0 Å². The second-order valence-electron chi connectivity index (χ2n) is 0. The molecule has 0 aliphatic carbocycles. The summed E-state index contributed by atoms with van der Waals surface area (Å²) in [5.74, 6) is 0. The Morgan fingerprint density at radius 2 is 0.750 bits per heavy atom. The van der Waals surface area contributed by atoms with Gasteiger partial charge in [-0.1, -0.05) is 0 Å². The van der Waals surface area contributed by atoms with Gasteiger partial charge in [0.05, 0.1) is 0 Å². The van der Waals surface area contributed by atoms with E-state index in [4.69, 9.17) is 0 Å². The van der Waals surface area contributed by atoms with Crippen LogP contribution in [0.15, 0.2) is 0 Å². The normalized spacial score (nSPS) is 0. The molecule has 26 valence electrons. The molecule has 0 aromatic heterocycles. The summed E-state index contributed by atoms with van der Waals surface area (Å²) in [6, 6.07) is 0. The van der Waals surface area contributed by atoms with Gasteiger partial charge in [-0.3, -0.25) is 9.41 Å². The van der Waals surface area contributed by atoms with Crippen molar-refractivity contribution in [3.63, 3.8) is 0 Å². The van der Waals surface area contributed by atoms with Gasteiger partial charge in [-0.05, 0) is 0 Å². The van der Waals surface area contributed by atoms with E-state index in [1.54, 1.807) is 0 Å². The minimum atomic E-state index is 0. The molecule has 0 aliphatic heterocycles. The molecule has 0 aromatic carbocycles. The van der Waals surface area contributed by atoms with E-state index in [0.29, 0.717) is 0 Å². The van der Waals surface area contributed by atoms with Crippen molar-refractivity contribution >= 4 is 65.0 Å². The SMILES string of the molecule is F.F.[CaH2].[PbH2]. The van der Waals surface area contributed by atoms with Crippen LogP contribution in [-0.2, 0) is 0 Å². The summed E-state index contributed by atoms with van der Waals surface area (Å²) in [5.41, 5.74) is 0. The Hall–Kier alpha value is 2.04. The zero-order valence-electron chi connectivity index (χ0n) is 1.52. The molecule has 0 saturated heterocycles. The third kappa shape index (κ3) is 8.97. The van der Waals surface area contributed by atoms with Crippen LogP contribution in [0.4, 0.5) is 9.41 Å². The quantitative estimate of drug-likeness (QED) is 0.475. The van der Waals surface area contributed by atoms with Crippen LogP contribution in [0.2, 0.25) is 0 Å². The fraction of sp³-hybridized carbons (Fsp3) is 0. The summed E-state index contributed by atoms with van der Waals surface area (Å²) < 4.78 is 0. The van der Waals surface area contributed by atoms with Crippen molar-refractivity contribution in [3.05, 3.63) is 0 Å². The van der Waals surface area contributed by atoms with Crippen LogP contribution >= 0.6 is 0 Å². The molecule has 0 atom stereocenters. The Bertz CT molecular complexity index is 6.00. The first-order valence-electron chi connectivity index (χ1n) is 0. The molecule has 4 heteroatoms. The molecule has 0 N–H and O–H groups in total. The number of halogens is 2. The van der Waals surface area contributed by atoms with E-state index < -0.39 is 0 Å². The van der Waals surface area contributed by atoms with E-state index in [2.05, 4.69) is 0 Å². The second kappa shape index (κ2) is 19.8. The Balaban J connectivity index is 0. The van der Waals surface area contributed by atoms with E-state index in [9.17, 15) is 0 Å². The molecule has 0 fully saturated rings. The zero-order valence-corrected chi connectivity index (χ0v) is 7.02. The topological polar surface area (TPSA) is 0 Å². The number of hydrogen-bond donors (Lipinski definition) is 0. The molecule has 2 radical (unpaired) electrons. The minimum absolute atomic E-state index is 0. The van der Waals surface area contributed by atoms with Crippen molar-refractivity contribution in [2.75, 3.05) is 0 Å². The van der Waals surface area contributed by atoms with Crippen LogP contribution in [0.1, 0.15) is 0 Å². The number of rotatable bonds is 0. The van der Waals surface area contributed by atoms with Gasteiger partial charge in [-0.2, -0.15) is 0 Å². The first kappa shape index (κ1) is 36.8. The van der Waals surface area contributed by atoms with Crippen molar-refractivity contribution in [3.8, 4) is 0 Å². The first-order valence-corrected chi connectivity index (χ1v) is 0. The van der Waals surface area contributed by atoms with Gasteiger partial charge in [0.15, 0.2) is 0 Å². The third-order valence-corrected chi connectivity index (χ3v) is 0. The first-order chi connectivity index (χ1) is 0. The molecule has 4 heavy (non-hydrogen) atoms. The molecule has 0 nitrogen and oxygen atoms in total. The predicted octanol–water partition coefficient (Wildman–Crippen LogP) is -1.53. The van der Waals surface area contributed by atoms with Crippen molar-refractivity contribution in [1.29, 1.82) is 0 Å². The molecule has 0 spiro atoms. The Morgan fingerprint density at radius 1 is 0.750 bits per heavy atom. The van der Waals surface area contributed by atoms with Crippen LogP contribution in [0.3, 0.4) is 0 Å². The fourth-order valence-electron chi connectivity index (χ4n) is 0. The molecule has 0 unspecified atom stereocenters. The Labute approximate surface area is 73.2 Å². The standard InChI is InChI=1S/Ca.2FH.Pb.4H/h;2*1H;;;;;. The molecular formula is H6CaF2Pb. The Morgan fingerprint density at radius 3 is 0.750 bits per heavy atom. The fourth-order valence-corrected chi connectivity index (χ4v) is 0. The van der Waals surface area contributed by atoms with Crippen LogP contribution in [0, 0.1) is 0 Å². The monoisotopic (exact) mass is 292 g/mol. The third-order valence-electron chi connectivity index (χ3n) is 0. The van der Waals surface area contributed by atoms with Crippen molar-refractivity contribution in [2.24, 2.45) is 0 Å². The van der Waals surface area contributed by atoms with Crippen LogP contribution in [-0.4, -0.2) is 65.0 Å². The van der Waals surface area contributed by atoms with E-state index in [0.717, 1.165) is 0 Å². The number of hydrogen-bond acceptors (Lipinski definition) is 0. The van der Waals surface area contributed by atoms with E-state index >= 15 is 0 Å². The molecule has 0 aliphatic rings. The van der Waals surface area contributed by atoms with E-state index in [1.807, 2.05) is 0 Å². The molecule has 0 amide bonds. The molecular weight excluding hydrogens is 285 g/mol. The molecule has 0 rings (SSSR count). The van der Waals surface area contributed by atoms with E-state index in [1.165, 1.54) is 0 Å². The summed E-state index contributed by atoms with van der Waals surface area (Å²) >= 11 is 0.